The zero-order chi connectivity index (χ0) is 13.5. The Balaban J connectivity index is 3.10. The summed E-state index contributed by atoms with van der Waals surface area (Å²) in [7, 11) is 0. The van der Waals surface area contributed by atoms with Gasteiger partial charge in [0.1, 0.15) is 0 Å². The standard InChI is InChI=1S/C15H31NO/c1-12(2,3)15(13(4,5)6)10-16-9-14(7,8)17-11-15/h16H,9-11H2,1-8H3. The summed E-state index contributed by atoms with van der Waals surface area (Å²) >= 11 is 0. The lowest BCUT2D eigenvalue weighted by Gasteiger charge is -2.53. The lowest BCUT2D eigenvalue weighted by atomic mass is 9.54. The summed E-state index contributed by atoms with van der Waals surface area (Å²) in [5.41, 5.74) is 0.545. The monoisotopic (exact) mass is 241 g/mol. The molecule has 102 valence electrons. The molecule has 0 aromatic carbocycles. The van der Waals surface area contributed by atoms with E-state index in [0.29, 0.717) is 0 Å². The zero-order valence-electron chi connectivity index (χ0n) is 13.0. The number of hydrogen-bond acceptors (Lipinski definition) is 2. The molecule has 2 heteroatoms. The van der Waals surface area contributed by atoms with E-state index in [1.165, 1.54) is 0 Å². The smallest absolute Gasteiger partial charge is 0.0750 e. The molecule has 17 heavy (non-hydrogen) atoms. The van der Waals surface area contributed by atoms with E-state index in [1.54, 1.807) is 0 Å². The summed E-state index contributed by atoms with van der Waals surface area (Å²) in [6.45, 7) is 21.1. The third-order valence-electron chi connectivity index (χ3n) is 4.56. The number of nitrogens with one attached hydrogen (secondary N) is 1. The molecule has 0 atom stereocenters. The molecule has 0 amide bonds. The fraction of sp³-hybridized carbons (Fsp3) is 1.00. The maximum absolute atomic E-state index is 6.20. The van der Waals surface area contributed by atoms with Gasteiger partial charge in [-0.3, -0.25) is 0 Å². The lowest BCUT2D eigenvalue weighted by Crippen LogP contribution is -2.54. The molecular formula is C15H31NO. The van der Waals surface area contributed by atoms with Crippen LogP contribution in [-0.4, -0.2) is 25.3 Å². The van der Waals surface area contributed by atoms with E-state index in [2.05, 4.69) is 60.7 Å². The van der Waals surface area contributed by atoms with Crippen LogP contribution in [-0.2, 0) is 4.74 Å². The van der Waals surface area contributed by atoms with Crippen LogP contribution in [0.2, 0.25) is 0 Å². The molecule has 1 heterocycles. The van der Waals surface area contributed by atoms with Crippen LogP contribution in [0.3, 0.4) is 0 Å². The van der Waals surface area contributed by atoms with Crippen molar-refractivity contribution in [1.29, 1.82) is 0 Å². The summed E-state index contributed by atoms with van der Waals surface area (Å²) in [5, 5.41) is 3.62. The van der Waals surface area contributed by atoms with Crippen molar-refractivity contribution in [3.63, 3.8) is 0 Å². The minimum atomic E-state index is -0.0573. The van der Waals surface area contributed by atoms with Gasteiger partial charge in [-0.2, -0.15) is 0 Å². The minimum absolute atomic E-state index is 0.0573. The fourth-order valence-corrected chi connectivity index (χ4v) is 3.09. The van der Waals surface area contributed by atoms with Gasteiger partial charge in [0, 0.05) is 18.5 Å². The molecule has 1 rings (SSSR count). The van der Waals surface area contributed by atoms with E-state index in [0.717, 1.165) is 19.7 Å². The van der Waals surface area contributed by atoms with Crippen molar-refractivity contribution < 1.29 is 4.74 Å². The van der Waals surface area contributed by atoms with Crippen molar-refractivity contribution >= 4 is 0 Å². The van der Waals surface area contributed by atoms with Crippen molar-refractivity contribution in [3.05, 3.63) is 0 Å². The quantitative estimate of drug-likeness (QED) is 0.701. The summed E-state index contributed by atoms with van der Waals surface area (Å²) in [4.78, 5) is 0. The summed E-state index contributed by atoms with van der Waals surface area (Å²) in [5.74, 6) is 0. The molecule has 0 saturated carbocycles. The molecule has 1 fully saturated rings. The van der Waals surface area contributed by atoms with E-state index in [1.807, 2.05) is 0 Å². The van der Waals surface area contributed by atoms with Crippen LogP contribution in [0.25, 0.3) is 0 Å². The first-order chi connectivity index (χ1) is 7.41. The Hall–Kier alpha value is -0.0800. The molecule has 1 saturated heterocycles. The van der Waals surface area contributed by atoms with Crippen LogP contribution in [0.4, 0.5) is 0 Å². The van der Waals surface area contributed by atoms with Gasteiger partial charge in [-0.15, -0.1) is 0 Å². The lowest BCUT2D eigenvalue weighted by molar-refractivity contribution is -0.118. The molecule has 0 radical (unpaired) electrons. The Kier molecular flexibility index (Phi) is 3.73. The largest absolute Gasteiger partial charge is 0.374 e. The second kappa shape index (κ2) is 4.24. The van der Waals surface area contributed by atoms with E-state index < -0.39 is 0 Å². The fourth-order valence-electron chi connectivity index (χ4n) is 3.09. The first-order valence-electron chi connectivity index (χ1n) is 6.76. The number of hydrogen-bond donors (Lipinski definition) is 1. The van der Waals surface area contributed by atoms with Gasteiger partial charge in [-0.25, -0.2) is 0 Å². The minimum Gasteiger partial charge on any atom is -0.374 e. The van der Waals surface area contributed by atoms with Crippen LogP contribution in [0, 0.1) is 16.2 Å². The average molecular weight is 241 g/mol. The van der Waals surface area contributed by atoms with Crippen molar-refractivity contribution in [2.75, 3.05) is 19.7 Å². The van der Waals surface area contributed by atoms with Crippen molar-refractivity contribution in [2.45, 2.75) is 61.0 Å². The van der Waals surface area contributed by atoms with Crippen molar-refractivity contribution in [3.8, 4) is 0 Å². The van der Waals surface area contributed by atoms with E-state index in [4.69, 9.17) is 4.74 Å². The highest BCUT2D eigenvalue weighted by Gasteiger charge is 2.52. The first kappa shape index (κ1) is 15.0. The Morgan fingerprint density at radius 2 is 1.35 bits per heavy atom. The zero-order valence-corrected chi connectivity index (χ0v) is 13.0. The normalized spacial score (nSPS) is 25.4. The Labute approximate surface area is 108 Å². The second-order valence-corrected chi connectivity index (χ2v) is 8.23. The van der Waals surface area contributed by atoms with Gasteiger partial charge in [0.2, 0.25) is 0 Å². The Morgan fingerprint density at radius 1 is 0.882 bits per heavy atom. The van der Waals surface area contributed by atoms with Crippen LogP contribution in [0.1, 0.15) is 55.4 Å². The highest BCUT2D eigenvalue weighted by molar-refractivity contribution is 5.02. The first-order valence-corrected chi connectivity index (χ1v) is 6.76. The van der Waals surface area contributed by atoms with Gasteiger partial charge in [-0.1, -0.05) is 41.5 Å². The SMILES string of the molecule is CC1(C)CNCC(C(C)(C)C)(C(C)(C)C)CO1. The number of rotatable bonds is 0. The van der Waals surface area contributed by atoms with Gasteiger partial charge < -0.3 is 10.1 Å². The average Bonchev–Trinajstić information content (AvgIpc) is 2.21. The maximum Gasteiger partial charge on any atom is 0.0750 e. The van der Waals surface area contributed by atoms with E-state index in [9.17, 15) is 0 Å². The second-order valence-electron chi connectivity index (χ2n) is 8.23. The van der Waals surface area contributed by atoms with Crippen LogP contribution < -0.4 is 5.32 Å². The summed E-state index contributed by atoms with van der Waals surface area (Å²) in [6, 6.07) is 0. The third kappa shape index (κ3) is 2.85. The van der Waals surface area contributed by atoms with Crippen molar-refractivity contribution in [2.24, 2.45) is 16.2 Å². The highest BCUT2D eigenvalue weighted by atomic mass is 16.5. The molecule has 0 bridgehead atoms. The van der Waals surface area contributed by atoms with E-state index in [-0.39, 0.29) is 21.8 Å². The molecule has 1 N–H and O–H groups in total. The third-order valence-corrected chi connectivity index (χ3v) is 4.56. The van der Waals surface area contributed by atoms with Gasteiger partial charge in [0.05, 0.1) is 12.2 Å². The van der Waals surface area contributed by atoms with Gasteiger partial charge >= 0.3 is 0 Å². The van der Waals surface area contributed by atoms with Crippen LogP contribution in [0.15, 0.2) is 0 Å². The van der Waals surface area contributed by atoms with Crippen LogP contribution in [0.5, 0.6) is 0 Å². The summed E-state index contributed by atoms with van der Waals surface area (Å²) in [6.07, 6.45) is 0. The Bertz CT molecular complexity index is 254. The van der Waals surface area contributed by atoms with Crippen LogP contribution >= 0.6 is 0 Å². The predicted molar refractivity (Wildman–Crippen MR) is 74.2 cm³/mol. The number of ether oxygens (including phenoxy) is 1. The molecular weight excluding hydrogens is 210 g/mol. The topological polar surface area (TPSA) is 21.3 Å². The van der Waals surface area contributed by atoms with Gasteiger partial charge in [0.15, 0.2) is 0 Å². The summed E-state index contributed by atoms with van der Waals surface area (Å²) < 4.78 is 6.20. The molecule has 0 aromatic rings. The molecule has 0 aromatic heterocycles. The van der Waals surface area contributed by atoms with Crippen molar-refractivity contribution in [1.82, 2.24) is 5.32 Å². The van der Waals surface area contributed by atoms with E-state index >= 15 is 0 Å². The molecule has 0 aliphatic carbocycles. The molecule has 0 unspecified atom stereocenters. The Morgan fingerprint density at radius 3 is 1.76 bits per heavy atom. The van der Waals surface area contributed by atoms with Gasteiger partial charge in [-0.05, 0) is 24.7 Å². The van der Waals surface area contributed by atoms with Gasteiger partial charge in [0.25, 0.3) is 0 Å². The molecule has 0 spiro atoms. The molecule has 1 aliphatic rings. The predicted octanol–water partition coefficient (Wildman–Crippen LogP) is 3.46. The highest BCUT2D eigenvalue weighted by Crippen LogP contribution is 2.52. The molecule has 1 aliphatic heterocycles. The maximum atomic E-state index is 6.20. The molecule has 2 nitrogen and oxygen atoms in total.